The van der Waals surface area contributed by atoms with Crippen molar-refractivity contribution in [1.82, 2.24) is 10.6 Å². The topological polar surface area (TPSA) is 75.3 Å². The highest BCUT2D eigenvalue weighted by atomic mass is 33.1. The number of hydrogen-bond acceptors (Lipinski definition) is 6. The standard InChI is InChI=1S/C16H26N2O3S2/c1-4-5-8-17-9-10-22-23-16(2,3)11-14(21)18-15-12(19)6-7-13(15)20/h6-7,15,17H,4-5,8-11H2,1-3H3,(H,18,21). The molecule has 1 aliphatic carbocycles. The Hall–Kier alpha value is -0.790. The molecule has 5 nitrogen and oxygen atoms in total. The zero-order chi connectivity index (χ0) is 17.3. The molecule has 0 aromatic heterocycles. The van der Waals surface area contributed by atoms with Crippen LogP contribution in [0, 0.1) is 0 Å². The van der Waals surface area contributed by atoms with Gasteiger partial charge in [0.1, 0.15) is 0 Å². The second kappa shape index (κ2) is 10.2. The lowest BCUT2D eigenvalue weighted by Crippen LogP contribution is -2.44. The maximum atomic E-state index is 12.0. The van der Waals surface area contributed by atoms with Crippen LogP contribution in [0.5, 0.6) is 0 Å². The minimum absolute atomic E-state index is 0.254. The van der Waals surface area contributed by atoms with E-state index in [0.29, 0.717) is 0 Å². The highest BCUT2D eigenvalue weighted by Crippen LogP contribution is 2.37. The van der Waals surface area contributed by atoms with Gasteiger partial charge in [-0.05, 0) is 39.0 Å². The molecule has 0 aromatic rings. The number of amides is 1. The van der Waals surface area contributed by atoms with E-state index in [9.17, 15) is 14.4 Å². The van der Waals surface area contributed by atoms with Crippen molar-refractivity contribution in [3.05, 3.63) is 12.2 Å². The molecule has 23 heavy (non-hydrogen) atoms. The van der Waals surface area contributed by atoms with Crippen LogP contribution in [0.3, 0.4) is 0 Å². The van der Waals surface area contributed by atoms with Gasteiger partial charge in [0.2, 0.25) is 5.91 Å². The molecule has 0 radical (unpaired) electrons. The first-order valence-corrected chi connectivity index (χ1v) is 10.2. The van der Waals surface area contributed by atoms with Gasteiger partial charge in [-0.25, -0.2) is 0 Å². The summed E-state index contributed by atoms with van der Waals surface area (Å²) in [4.78, 5) is 35.0. The van der Waals surface area contributed by atoms with Crippen molar-refractivity contribution >= 4 is 39.1 Å². The monoisotopic (exact) mass is 358 g/mol. The maximum Gasteiger partial charge on any atom is 0.222 e. The van der Waals surface area contributed by atoms with Crippen LogP contribution in [0.25, 0.3) is 0 Å². The van der Waals surface area contributed by atoms with Crippen LogP contribution in [0.1, 0.15) is 40.0 Å². The van der Waals surface area contributed by atoms with Crippen molar-refractivity contribution in [2.24, 2.45) is 0 Å². The number of unbranched alkanes of at least 4 members (excludes halogenated alkanes) is 1. The van der Waals surface area contributed by atoms with Gasteiger partial charge in [0.15, 0.2) is 17.6 Å². The Kier molecular flexibility index (Phi) is 8.94. The van der Waals surface area contributed by atoms with Crippen molar-refractivity contribution in [3.63, 3.8) is 0 Å². The average Bonchev–Trinajstić information content (AvgIpc) is 2.77. The van der Waals surface area contributed by atoms with Crippen molar-refractivity contribution in [1.29, 1.82) is 0 Å². The normalized spacial score (nSPS) is 15.4. The van der Waals surface area contributed by atoms with E-state index in [1.807, 2.05) is 13.8 Å². The third-order valence-electron chi connectivity index (χ3n) is 3.23. The highest BCUT2D eigenvalue weighted by molar-refractivity contribution is 8.77. The smallest absolute Gasteiger partial charge is 0.222 e. The van der Waals surface area contributed by atoms with Crippen LogP contribution in [0.2, 0.25) is 0 Å². The minimum atomic E-state index is -1.02. The Morgan fingerprint density at radius 2 is 1.87 bits per heavy atom. The van der Waals surface area contributed by atoms with Crippen LogP contribution < -0.4 is 10.6 Å². The van der Waals surface area contributed by atoms with Gasteiger partial charge < -0.3 is 10.6 Å². The number of hydrogen-bond donors (Lipinski definition) is 2. The van der Waals surface area contributed by atoms with Gasteiger partial charge in [-0.3, -0.25) is 14.4 Å². The number of carbonyl (C=O) groups excluding carboxylic acids is 3. The van der Waals surface area contributed by atoms with Gasteiger partial charge in [-0.1, -0.05) is 34.9 Å². The van der Waals surface area contributed by atoms with E-state index in [4.69, 9.17) is 0 Å². The molecule has 0 saturated carbocycles. The molecule has 1 amide bonds. The summed E-state index contributed by atoms with van der Waals surface area (Å²) in [5, 5.41) is 5.90. The fourth-order valence-corrected chi connectivity index (χ4v) is 4.46. The lowest BCUT2D eigenvalue weighted by Gasteiger charge is -2.23. The molecule has 1 rings (SSSR count). The summed E-state index contributed by atoms with van der Waals surface area (Å²) in [7, 11) is 3.39. The summed E-state index contributed by atoms with van der Waals surface area (Å²) >= 11 is 0. The molecule has 0 aromatic carbocycles. The zero-order valence-electron chi connectivity index (χ0n) is 14.0. The van der Waals surface area contributed by atoms with Crippen LogP contribution in [-0.4, -0.2) is 47.1 Å². The summed E-state index contributed by atoms with van der Waals surface area (Å²) in [6.07, 6.45) is 5.09. The molecule has 0 saturated heterocycles. The van der Waals surface area contributed by atoms with Gasteiger partial charge >= 0.3 is 0 Å². The molecule has 130 valence electrons. The van der Waals surface area contributed by atoms with E-state index >= 15 is 0 Å². The minimum Gasteiger partial charge on any atom is -0.339 e. The van der Waals surface area contributed by atoms with E-state index in [-0.39, 0.29) is 28.6 Å². The molecular formula is C16H26N2O3S2. The Morgan fingerprint density at radius 1 is 1.22 bits per heavy atom. The van der Waals surface area contributed by atoms with Gasteiger partial charge in [0.05, 0.1) is 0 Å². The van der Waals surface area contributed by atoms with Crippen LogP contribution in [0.15, 0.2) is 12.2 Å². The Morgan fingerprint density at radius 3 is 2.48 bits per heavy atom. The first-order valence-electron chi connectivity index (χ1n) is 7.92. The molecule has 1 aliphatic rings. The fourth-order valence-electron chi connectivity index (χ4n) is 2.01. The summed E-state index contributed by atoms with van der Waals surface area (Å²) in [6.45, 7) is 8.15. The van der Waals surface area contributed by atoms with E-state index in [2.05, 4.69) is 17.6 Å². The second-order valence-corrected chi connectivity index (χ2v) is 9.21. The van der Waals surface area contributed by atoms with Crippen LogP contribution in [-0.2, 0) is 14.4 Å². The number of ketones is 2. The zero-order valence-corrected chi connectivity index (χ0v) is 15.6. The van der Waals surface area contributed by atoms with Crippen LogP contribution in [0.4, 0.5) is 0 Å². The molecule has 0 bridgehead atoms. The largest absolute Gasteiger partial charge is 0.339 e. The average molecular weight is 359 g/mol. The lowest BCUT2D eigenvalue weighted by atomic mass is 10.1. The molecule has 7 heteroatoms. The molecule has 0 fully saturated rings. The number of nitrogens with one attached hydrogen (secondary N) is 2. The molecular weight excluding hydrogens is 332 g/mol. The molecule has 2 N–H and O–H groups in total. The third kappa shape index (κ3) is 8.04. The van der Waals surface area contributed by atoms with Gasteiger partial charge in [0, 0.05) is 23.5 Å². The summed E-state index contributed by atoms with van der Waals surface area (Å²) in [5.74, 6) is 0.0189. The Balaban J connectivity index is 2.22. The van der Waals surface area contributed by atoms with Gasteiger partial charge in [-0.2, -0.15) is 0 Å². The molecule has 0 heterocycles. The van der Waals surface area contributed by atoms with Crippen molar-refractivity contribution < 1.29 is 14.4 Å². The fraction of sp³-hybridized carbons (Fsp3) is 0.688. The molecule has 0 aliphatic heterocycles. The predicted octanol–water partition coefficient (Wildman–Crippen LogP) is 2.12. The molecule has 0 spiro atoms. The van der Waals surface area contributed by atoms with E-state index in [0.717, 1.165) is 18.8 Å². The summed E-state index contributed by atoms with van der Waals surface area (Å²) in [5.41, 5.74) is 0. The quantitative estimate of drug-likeness (QED) is 0.335. The van der Waals surface area contributed by atoms with Gasteiger partial charge in [0.25, 0.3) is 0 Å². The maximum absolute atomic E-state index is 12.0. The number of rotatable bonds is 11. The first kappa shape index (κ1) is 20.3. The third-order valence-corrected chi connectivity index (χ3v) is 6.52. The summed E-state index contributed by atoms with van der Waals surface area (Å²) in [6, 6.07) is -1.02. The molecule has 0 unspecified atom stereocenters. The first-order chi connectivity index (χ1) is 10.9. The van der Waals surface area contributed by atoms with E-state index < -0.39 is 6.04 Å². The SMILES string of the molecule is CCCCNCCSSC(C)(C)CC(=O)NC1C(=O)C=CC1=O. The second-order valence-electron chi connectivity index (χ2n) is 6.08. The van der Waals surface area contributed by atoms with Crippen molar-refractivity contribution in [2.75, 3.05) is 18.8 Å². The Bertz CT molecular complexity index is 446. The van der Waals surface area contributed by atoms with Gasteiger partial charge in [-0.15, -0.1) is 0 Å². The van der Waals surface area contributed by atoms with E-state index in [1.165, 1.54) is 25.0 Å². The van der Waals surface area contributed by atoms with Crippen molar-refractivity contribution in [3.8, 4) is 0 Å². The number of carbonyl (C=O) groups is 3. The Labute approximate surface area is 146 Å². The predicted molar refractivity (Wildman–Crippen MR) is 97.6 cm³/mol. The van der Waals surface area contributed by atoms with E-state index in [1.54, 1.807) is 21.6 Å². The van der Waals surface area contributed by atoms with Crippen molar-refractivity contribution in [2.45, 2.75) is 50.8 Å². The highest BCUT2D eigenvalue weighted by Gasteiger charge is 2.31. The lowest BCUT2D eigenvalue weighted by molar-refractivity contribution is -0.130. The van der Waals surface area contributed by atoms with Crippen LogP contribution >= 0.6 is 21.6 Å². The molecule has 0 atom stereocenters. The summed E-state index contributed by atoms with van der Waals surface area (Å²) < 4.78 is -0.254.